The molecule has 0 amide bonds. The van der Waals surface area contributed by atoms with E-state index in [9.17, 15) is 4.79 Å². The van der Waals surface area contributed by atoms with Crippen molar-refractivity contribution < 1.29 is 9.53 Å². The van der Waals surface area contributed by atoms with Gasteiger partial charge in [-0.3, -0.25) is 0 Å². The van der Waals surface area contributed by atoms with Gasteiger partial charge in [0.1, 0.15) is 0 Å². The molecule has 0 aliphatic heterocycles. The molecule has 0 saturated carbocycles. The number of carbonyl (C=O) groups is 1. The first-order valence-corrected chi connectivity index (χ1v) is 4.39. The molecule has 2 N–H and O–H groups in total. The first-order valence-electron chi connectivity index (χ1n) is 4.39. The summed E-state index contributed by atoms with van der Waals surface area (Å²) in [5.41, 5.74) is 0.311. The van der Waals surface area contributed by atoms with E-state index in [4.69, 9.17) is 5.41 Å². The molecule has 0 aliphatic rings. The van der Waals surface area contributed by atoms with Crippen molar-refractivity contribution in [2.75, 3.05) is 7.11 Å². The van der Waals surface area contributed by atoms with Crippen LogP contribution in [0.15, 0.2) is 11.8 Å². The lowest BCUT2D eigenvalue weighted by molar-refractivity contribution is -0.135. The van der Waals surface area contributed by atoms with Gasteiger partial charge in [0.2, 0.25) is 0 Å². The summed E-state index contributed by atoms with van der Waals surface area (Å²) < 4.78 is 4.55. The number of nitrogens with one attached hydrogen (secondary N) is 2. The van der Waals surface area contributed by atoms with Crippen molar-refractivity contribution >= 4 is 11.7 Å². The van der Waals surface area contributed by atoms with Gasteiger partial charge in [0, 0.05) is 17.5 Å². The Morgan fingerprint density at radius 3 is 2.21 bits per heavy atom. The molecule has 0 aliphatic carbocycles. The Bertz CT molecular complexity index is 262. The average molecular weight is 198 g/mol. The molecule has 0 fully saturated rings. The van der Waals surface area contributed by atoms with Gasteiger partial charge in [-0.25, -0.2) is 4.79 Å². The first kappa shape index (κ1) is 12.7. The van der Waals surface area contributed by atoms with E-state index >= 15 is 0 Å². The van der Waals surface area contributed by atoms with Crippen LogP contribution in [0.2, 0.25) is 0 Å². The molecule has 4 heteroatoms. The Kier molecular flexibility index (Phi) is 4.34. The van der Waals surface area contributed by atoms with Gasteiger partial charge >= 0.3 is 5.97 Å². The zero-order valence-corrected chi connectivity index (χ0v) is 9.39. The van der Waals surface area contributed by atoms with E-state index in [-0.39, 0.29) is 16.8 Å². The Morgan fingerprint density at radius 2 is 1.93 bits per heavy atom. The van der Waals surface area contributed by atoms with Crippen LogP contribution in [0.25, 0.3) is 0 Å². The number of carbonyl (C=O) groups excluding carboxylic acids is 1. The van der Waals surface area contributed by atoms with Crippen LogP contribution in [0.1, 0.15) is 27.7 Å². The van der Waals surface area contributed by atoms with Crippen molar-refractivity contribution in [2.45, 2.75) is 33.2 Å². The third-order valence-electron chi connectivity index (χ3n) is 1.46. The maximum absolute atomic E-state index is 11.2. The van der Waals surface area contributed by atoms with Crippen LogP contribution in [0.4, 0.5) is 0 Å². The van der Waals surface area contributed by atoms with E-state index in [0.29, 0.717) is 0 Å². The molecular weight excluding hydrogens is 180 g/mol. The molecule has 0 aromatic carbocycles. The molecule has 0 rings (SSSR count). The number of methoxy groups -OCH3 is 1. The second kappa shape index (κ2) is 4.79. The minimum Gasteiger partial charge on any atom is -0.465 e. The second-order valence-electron chi connectivity index (χ2n) is 4.07. The summed E-state index contributed by atoms with van der Waals surface area (Å²) in [5, 5.41) is 10.4. The van der Waals surface area contributed by atoms with Gasteiger partial charge in [-0.1, -0.05) is 0 Å². The fourth-order valence-corrected chi connectivity index (χ4v) is 0.719. The van der Waals surface area contributed by atoms with Crippen LogP contribution in [0.3, 0.4) is 0 Å². The van der Waals surface area contributed by atoms with E-state index in [0.717, 1.165) is 0 Å². The quantitative estimate of drug-likeness (QED) is 0.410. The van der Waals surface area contributed by atoms with Gasteiger partial charge < -0.3 is 15.5 Å². The zero-order valence-electron chi connectivity index (χ0n) is 9.39. The lowest BCUT2D eigenvalue weighted by Crippen LogP contribution is -2.32. The average Bonchev–Trinajstić information content (AvgIpc) is 2.01. The number of hydrogen-bond donors (Lipinski definition) is 2. The normalized spacial score (nSPS) is 12.2. The van der Waals surface area contributed by atoms with Crippen LogP contribution in [-0.4, -0.2) is 24.3 Å². The highest BCUT2D eigenvalue weighted by Crippen LogP contribution is 2.03. The fourth-order valence-electron chi connectivity index (χ4n) is 0.719. The van der Waals surface area contributed by atoms with Gasteiger partial charge in [-0.2, -0.15) is 0 Å². The van der Waals surface area contributed by atoms with Crippen molar-refractivity contribution in [3.63, 3.8) is 0 Å². The van der Waals surface area contributed by atoms with Gasteiger partial charge in [0.25, 0.3) is 0 Å². The van der Waals surface area contributed by atoms with E-state index in [1.807, 2.05) is 20.8 Å². The minimum absolute atomic E-state index is 0.130. The summed E-state index contributed by atoms with van der Waals surface area (Å²) in [6.07, 6.45) is 1.52. The minimum atomic E-state index is -0.491. The van der Waals surface area contributed by atoms with Crippen LogP contribution in [-0.2, 0) is 9.53 Å². The molecule has 4 nitrogen and oxygen atoms in total. The molecule has 0 radical (unpaired) electrons. The number of rotatable bonds is 3. The Labute approximate surface area is 84.8 Å². The zero-order chi connectivity index (χ0) is 11.4. The molecule has 14 heavy (non-hydrogen) atoms. The molecule has 0 unspecified atom stereocenters. The van der Waals surface area contributed by atoms with E-state index in [1.165, 1.54) is 13.3 Å². The fraction of sp³-hybridized carbons (Fsp3) is 0.600. The van der Waals surface area contributed by atoms with Crippen LogP contribution < -0.4 is 5.32 Å². The molecule has 0 spiro atoms. The smallest absolute Gasteiger partial charge is 0.341 e. The Hall–Kier alpha value is -1.32. The van der Waals surface area contributed by atoms with E-state index in [2.05, 4.69) is 10.1 Å². The Morgan fingerprint density at radius 1 is 1.43 bits per heavy atom. The molecule has 0 aromatic rings. The van der Waals surface area contributed by atoms with Crippen LogP contribution >= 0.6 is 0 Å². The van der Waals surface area contributed by atoms with Crippen molar-refractivity contribution in [1.82, 2.24) is 5.32 Å². The van der Waals surface area contributed by atoms with Crippen LogP contribution in [0, 0.1) is 5.41 Å². The lowest BCUT2D eigenvalue weighted by atomic mass is 10.1. The molecular formula is C10H18N2O2. The Balaban J connectivity index is 4.67. The van der Waals surface area contributed by atoms with Crippen molar-refractivity contribution in [2.24, 2.45) is 0 Å². The van der Waals surface area contributed by atoms with Gasteiger partial charge in [-0.05, 0) is 27.7 Å². The third kappa shape index (κ3) is 4.64. The largest absolute Gasteiger partial charge is 0.465 e. The standard InChI is InChI=1S/C10H18N2O2/c1-7(11)8(9(13)14-5)6-12-10(2,3)4/h6,11-12H,1-5H3/b8-6+,11-7?. The lowest BCUT2D eigenvalue weighted by Gasteiger charge is -2.19. The van der Waals surface area contributed by atoms with Crippen molar-refractivity contribution in [3.8, 4) is 0 Å². The number of esters is 1. The van der Waals surface area contributed by atoms with Crippen molar-refractivity contribution in [3.05, 3.63) is 11.8 Å². The second-order valence-corrected chi connectivity index (χ2v) is 4.07. The summed E-state index contributed by atoms with van der Waals surface area (Å²) in [5.74, 6) is -0.491. The predicted octanol–water partition coefficient (Wildman–Crippen LogP) is 1.47. The summed E-state index contributed by atoms with van der Waals surface area (Å²) in [7, 11) is 1.30. The van der Waals surface area contributed by atoms with Gasteiger partial charge in [0.15, 0.2) is 0 Å². The van der Waals surface area contributed by atoms with Crippen molar-refractivity contribution in [1.29, 1.82) is 5.41 Å². The SMILES string of the molecule is COC(=O)/C(=C/NC(C)(C)C)C(C)=N. The summed E-state index contributed by atoms with van der Waals surface area (Å²) in [6, 6.07) is 0. The molecule has 0 atom stereocenters. The molecule has 80 valence electrons. The van der Waals surface area contributed by atoms with E-state index < -0.39 is 5.97 Å². The van der Waals surface area contributed by atoms with Gasteiger partial charge in [0.05, 0.1) is 12.7 Å². The highest BCUT2D eigenvalue weighted by atomic mass is 16.5. The predicted molar refractivity (Wildman–Crippen MR) is 56.4 cm³/mol. The maximum atomic E-state index is 11.2. The maximum Gasteiger partial charge on any atom is 0.341 e. The molecule has 0 saturated heterocycles. The number of hydrogen-bond acceptors (Lipinski definition) is 4. The van der Waals surface area contributed by atoms with Gasteiger partial charge in [-0.15, -0.1) is 0 Å². The summed E-state index contributed by atoms with van der Waals surface area (Å²) in [6.45, 7) is 7.46. The highest BCUT2D eigenvalue weighted by molar-refractivity contribution is 6.17. The highest BCUT2D eigenvalue weighted by Gasteiger charge is 2.13. The molecule has 0 heterocycles. The van der Waals surface area contributed by atoms with Crippen LogP contribution in [0.5, 0.6) is 0 Å². The topological polar surface area (TPSA) is 62.2 Å². The van der Waals surface area contributed by atoms with E-state index in [1.54, 1.807) is 6.92 Å². The number of ether oxygens (including phenoxy) is 1. The molecule has 0 bridgehead atoms. The summed E-state index contributed by atoms with van der Waals surface area (Å²) in [4.78, 5) is 11.2. The molecule has 0 aromatic heterocycles. The monoisotopic (exact) mass is 198 g/mol. The first-order chi connectivity index (χ1) is 6.28. The third-order valence-corrected chi connectivity index (χ3v) is 1.46. The summed E-state index contributed by atoms with van der Waals surface area (Å²) >= 11 is 0.